The zero-order valence-electron chi connectivity index (χ0n) is 21.0. The molecule has 1 aliphatic heterocycles. The van der Waals surface area contributed by atoms with Gasteiger partial charge in [0.05, 0.1) is 18.7 Å². The molecule has 7 heteroatoms. The number of nitrogens with zero attached hydrogens (tertiary/aromatic N) is 1. The largest absolute Gasteiger partial charge is 0.379 e. The second-order valence-corrected chi connectivity index (χ2v) is 9.38. The number of morpholine rings is 1. The van der Waals surface area contributed by atoms with E-state index in [4.69, 9.17) is 10.5 Å². The lowest BCUT2D eigenvalue weighted by atomic mass is 9.94. The van der Waals surface area contributed by atoms with Gasteiger partial charge in [0.1, 0.15) is 6.23 Å². The fraction of sp³-hybridized carbons (Fsp3) is 0.233. The summed E-state index contributed by atoms with van der Waals surface area (Å²) in [5, 5.41) is 14.1. The molecule has 1 atom stereocenters. The zero-order valence-corrected chi connectivity index (χ0v) is 21.0. The fourth-order valence-corrected chi connectivity index (χ4v) is 4.93. The lowest BCUT2D eigenvalue weighted by Gasteiger charge is -2.26. The Balaban J connectivity index is 1.53. The number of hydrogen-bond acceptors (Lipinski definition) is 5. The van der Waals surface area contributed by atoms with Gasteiger partial charge < -0.3 is 25.9 Å². The number of hydrogen-bond donors (Lipinski definition) is 4. The van der Waals surface area contributed by atoms with Crippen LogP contribution in [0.4, 0.5) is 5.69 Å². The van der Waals surface area contributed by atoms with Crippen LogP contribution in [0.3, 0.4) is 0 Å². The highest BCUT2D eigenvalue weighted by Crippen LogP contribution is 2.38. The van der Waals surface area contributed by atoms with E-state index in [-0.39, 0.29) is 5.91 Å². The lowest BCUT2D eigenvalue weighted by Crippen LogP contribution is -2.35. The second kappa shape index (κ2) is 10.7. The third-order valence-electron chi connectivity index (χ3n) is 6.99. The minimum Gasteiger partial charge on any atom is -0.379 e. The number of nitrogens with one attached hydrogen (secondary N) is 2. The van der Waals surface area contributed by atoms with Crippen molar-refractivity contribution < 1.29 is 14.6 Å². The van der Waals surface area contributed by atoms with Crippen molar-refractivity contribution in [2.75, 3.05) is 31.6 Å². The SMILES string of the molecule is C=CC(=O)Nc1cccc(-c2ccc(C(N)O)c3[nH]c(-c4ccc(CN5CCOCC5)cc4)cc23)c1C. The van der Waals surface area contributed by atoms with Crippen LogP contribution in [0.5, 0.6) is 0 Å². The highest BCUT2D eigenvalue weighted by molar-refractivity contribution is 6.03. The molecule has 1 saturated heterocycles. The van der Waals surface area contributed by atoms with Gasteiger partial charge in [-0.05, 0) is 52.9 Å². The van der Waals surface area contributed by atoms with E-state index >= 15 is 0 Å². The molecule has 4 aromatic rings. The van der Waals surface area contributed by atoms with E-state index < -0.39 is 6.23 Å². The molecule has 0 spiro atoms. The maximum absolute atomic E-state index is 11.9. The molecular formula is C30H32N4O3. The van der Waals surface area contributed by atoms with Crippen LogP contribution >= 0.6 is 0 Å². The first kappa shape index (κ1) is 24.9. The Labute approximate surface area is 216 Å². The van der Waals surface area contributed by atoms with E-state index in [9.17, 15) is 9.90 Å². The Bertz CT molecular complexity index is 1430. The van der Waals surface area contributed by atoms with Crippen molar-refractivity contribution in [3.63, 3.8) is 0 Å². The number of aromatic amines is 1. The number of benzene rings is 3. The van der Waals surface area contributed by atoms with Gasteiger partial charge in [0, 0.05) is 42.0 Å². The molecule has 0 radical (unpaired) electrons. The summed E-state index contributed by atoms with van der Waals surface area (Å²) >= 11 is 0. The summed E-state index contributed by atoms with van der Waals surface area (Å²) in [4.78, 5) is 17.8. The van der Waals surface area contributed by atoms with E-state index in [0.717, 1.165) is 77.4 Å². The molecular weight excluding hydrogens is 464 g/mol. The third-order valence-corrected chi connectivity index (χ3v) is 6.99. The standard InChI is InChI=1S/C30H32N4O3/c1-3-28(35)32-26-6-4-5-22(19(26)2)23-11-12-24(30(31)36)29-25(23)17-27(33-29)21-9-7-20(8-10-21)18-34-13-15-37-16-14-34/h3-12,17,30,33,36H,1,13-16,18,31H2,2H3,(H,32,35). The summed E-state index contributed by atoms with van der Waals surface area (Å²) in [7, 11) is 0. The number of H-pyrrole nitrogens is 1. The first-order valence-electron chi connectivity index (χ1n) is 12.5. The number of ether oxygens (including phenoxy) is 1. The Morgan fingerprint density at radius 2 is 1.92 bits per heavy atom. The van der Waals surface area contributed by atoms with Gasteiger partial charge in [0.15, 0.2) is 0 Å². The van der Waals surface area contributed by atoms with Crippen molar-refractivity contribution in [3.8, 4) is 22.4 Å². The fourth-order valence-electron chi connectivity index (χ4n) is 4.93. The molecule has 1 aliphatic rings. The third kappa shape index (κ3) is 5.21. The first-order valence-corrected chi connectivity index (χ1v) is 12.5. The van der Waals surface area contributed by atoms with Crippen molar-refractivity contribution in [1.82, 2.24) is 9.88 Å². The van der Waals surface area contributed by atoms with Crippen molar-refractivity contribution in [2.24, 2.45) is 5.73 Å². The van der Waals surface area contributed by atoms with Gasteiger partial charge in [-0.3, -0.25) is 9.69 Å². The maximum Gasteiger partial charge on any atom is 0.247 e. The van der Waals surface area contributed by atoms with Gasteiger partial charge in [-0.25, -0.2) is 0 Å². The Hall–Kier alpha value is -3.75. The summed E-state index contributed by atoms with van der Waals surface area (Å²) in [5.41, 5.74) is 14.2. The van der Waals surface area contributed by atoms with E-state index in [0.29, 0.717) is 5.56 Å². The second-order valence-electron chi connectivity index (χ2n) is 9.38. The molecule has 1 fully saturated rings. The van der Waals surface area contributed by atoms with Crippen molar-refractivity contribution in [2.45, 2.75) is 19.7 Å². The molecule has 2 heterocycles. The van der Waals surface area contributed by atoms with Crippen LogP contribution in [0.15, 0.2) is 73.3 Å². The number of rotatable bonds is 7. The van der Waals surface area contributed by atoms with Crippen LogP contribution in [-0.2, 0) is 16.1 Å². The first-order chi connectivity index (χ1) is 17.9. The predicted molar refractivity (Wildman–Crippen MR) is 148 cm³/mol. The number of nitrogens with two attached hydrogens (primary N) is 1. The summed E-state index contributed by atoms with van der Waals surface area (Å²) in [6.07, 6.45) is 0.144. The predicted octanol–water partition coefficient (Wildman–Crippen LogP) is 4.72. The molecule has 0 aliphatic carbocycles. The van der Waals surface area contributed by atoms with Crippen LogP contribution in [0.1, 0.15) is 22.9 Å². The van der Waals surface area contributed by atoms with Crippen LogP contribution in [0.25, 0.3) is 33.3 Å². The topological polar surface area (TPSA) is 104 Å². The van der Waals surface area contributed by atoms with Crippen molar-refractivity contribution in [1.29, 1.82) is 0 Å². The Morgan fingerprint density at radius 1 is 1.16 bits per heavy atom. The molecule has 3 aromatic carbocycles. The number of aliphatic hydroxyl groups excluding tert-OH is 1. The number of amides is 1. The smallest absolute Gasteiger partial charge is 0.247 e. The van der Waals surface area contributed by atoms with Crippen LogP contribution in [0, 0.1) is 6.92 Å². The van der Waals surface area contributed by atoms with Gasteiger partial charge in [-0.2, -0.15) is 0 Å². The average Bonchev–Trinajstić information content (AvgIpc) is 3.36. The van der Waals surface area contributed by atoms with Gasteiger partial charge in [0.25, 0.3) is 0 Å². The molecule has 5 N–H and O–H groups in total. The van der Waals surface area contributed by atoms with E-state index in [1.54, 1.807) is 0 Å². The summed E-state index contributed by atoms with van der Waals surface area (Å²) < 4.78 is 5.45. The number of aliphatic hydroxyl groups is 1. The van der Waals surface area contributed by atoms with Crippen molar-refractivity contribution >= 4 is 22.5 Å². The number of anilines is 1. The van der Waals surface area contributed by atoms with Gasteiger partial charge in [0.2, 0.25) is 5.91 Å². The highest BCUT2D eigenvalue weighted by Gasteiger charge is 2.18. The molecule has 0 bridgehead atoms. The van der Waals surface area contributed by atoms with Gasteiger partial charge in [-0.1, -0.05) is 55.1 Å². The molecule has 5 rings (SSSR count). The van der Waals surface area contributed by atoms with Crippen LogP contribution < -0.4 is 11.1 Å². The minimum absolute atomic E-state index is 0.256. The van der Waals surface area contributed by atoms with Gasteiger partial charge in [-0.15, -0.1) is 0 Å². The van der Waals surface area contributed by atoms with Crippen molar-refractivity contribution in [3.05, 3.63) is 90.0 Å². The number of carbonyl (C=O) groups is 1. The molecule has 0 saturated carbocycles. The number of aromatic nitrogens is 1. The lowest BCUT2D eigenvalue weighted by molar-refractivity contribution is -0.111. The average molecular weight is 497 g/mol. The molecule has 1 aromatic heterocycles. The highest BCUT2D eigenvalue weighted by atomic mass is 16.5. The van der Waals surface area contributed by atoms with Crippen LogP contribution in [-0.4, -0.2) is 47.2 Å². The normalized spacial score (nSPS) is 15.0. The molecule has 190 valence electrons. The van der Waals surface area contributed by atoms with Gasteiger partial charge >= 0.3 is 0 Å². The summed E-state index contributed by atoms with van der Waals surface area (Å²) in [6, 6.07) is 20.3. The monoisotopic (exact) mass is 496 g/mol. The minimum atomic E-state index is -1.11. The molecule has 1 unspecified atom stereocenters. The van der Waals surface area contributed by atoms with E-state index in [2.05, 4.69) is 52.1 Å². The molecule has 1 amide bonds. The Kier molecular flexibility index (Phi) is 7.21. The summed E-state index contributed by atoms with van der Waals surface area (Å²) in [5.74, 6) is -0.256. The molecule has 37 heavy (non-hydrogen) atoms. The zero-order chi connectivity index (χ0) is 25.9. The number of carbonyl (C=O) groups excluding carboxylic acids is 1. The van der Waals surface area contributed by atoms with E-state index in [1.807, 2.05) is 37.3 Å². The maximum atomic E-state index is 11.9. The number of fused-ring (bicyclic) bond motifs is 1. The van der Waals surface area contributed by atoms with Crippen LogP contribution in [0.2, 0.25) is 0 Å². The summed E-state index contributed by atoms with van der Waals surface area (Å²) in [6.45, 7) is 9.90. The Morgan fingerprint density at radius 3 is 2.62 bits per heavy atom. The quantitative estimate of drug-likeness (QED) is 0.219. The molecule has 7 nitrogen and oxygen atoms in total. The van der Waals surface area contributed by atoms with E-state index in [1.165, 1.54) is 11.6 Å².